The van der Waals surface area contributed by atoms with Crippen LogP contribution in [-0.2, 0) is 11.3 Å². The van der Waals surface area contributed by atoms with Gasteiger partial charge in [-0.2, -0.15) is 0 Å². The summed E-state index contributed by atoms with van der Waals surface area (Å²) in [7, 11) is 0. The van der Waals surface area contributed by atoms with Gasteiger partial charge in [-0.25, -0.2) is 9.18 Å². The van der Waals surface area contributed by atoms with Crippen molar-refractivity contribution >= 4 is 45.0 Å². The Kier molecular flexibility index (Phi) is 6.30. The lowest BCUT2D eigenvalue weighted by atomic mass is 10.2. The van der Waals surface area contributed by atoms with Crippen molar-refractivity contribution < 1.29 is 13.9 Å². The Bertz CT molecular complexity index is 778. The van der Waals surface area contributed by atoms with Crippen LogP contribution in [0, 0.1) is 5.82 Å². The standard InChI is InChI=1S/C18H19BrClFN2O2/c1-18(2,3)25-17(24)23-15-7-6-13(21)9-16(15)22-10-11-4-5-12(19)8-14(11)20/h4-9,22H,10H2,1-3H3,(H,23,24). The van der Waals surface area contributed by atoms with Crippen LogP contribution < -0.4 is 10.6 Å². The highest BCUT2D eigenvalue weighted by molar-refractivity contribution is 9.10. The molecule has 25 heavy (non-hydrogen) atoms. The number of carbonyl (C=O) groups is 1. The summed E-state index contributed by atoms with van der Waals surface area (Å²) < 4.78 is 19.7. The van der Waals surface area contributed by atoms with Gasteiger partial charge in [-0.3, -0.25) is 5.32 Å². The number of ether oxygens (including phenoxy) is 1. The highest BCUT2D eigenvalue weighted by Gasteiger charge is 2.17. The molecule has 0 atom stereocenters. The van der Waals surface area contributed by atoms with Gasteiger partial charge in [-0.15, -0.1) is 0 Å². The number of benzene rings is 2. The normalized spacial score (nSPS) is 11.1. The smallest absolute Gasteiger partial charge is 0.412 e. The molecular formula is C18H19BrClFN2O2. The van der Waals surface area contributed by atoms with Gasteiger partial charge in [0, 0.05) is 16.0 Å². The number of hydrogen-bond acceptors (Lipinski definition) is 3. The lowest BCUT2D eigenvalue weighted by molar-refractivity contribution is 0.0636. The molecule has 2 rings (SSSR count). The van der Waals surface area contributed by atoms with Crippen LogP contribution in [-0.4, -0.2) is 11.7 Å². The minimum Gasteiger partial charge on any atom is -0.444 e. The van der Waals surface area contributed by atoms with E-state index in [9.17, 15) is 9.18 Å². The van der Waals surface area contributed by atoms with Crippen LogP contribution in [0.2, 0.25) is 5.02 Å². The predicted octanol–water partition coefficient (Wildman–Crippen LogP) is 6.20. The quantitative estimate of drug-likeness (QED) is 0.608. The van der Waals surface area contributed by atoms with Gasteiger partial charge < -0.3 is 10.1 Å². The Hall–Kier alpha value is -1.79. The molecule has 0 aromatic heterocycles. The summed E-state index contributed by atoms with van der Waals surface area (Å²) in [6.45, 7) is 5.68. The van der Waals surface area contributed by atoms with E-state index >= 15 is 0 Å². The van der Waals surface area contributed by atoms with Crippen LogP contribution in [0.25, 0.3) is 0 Å². The molecule has 0 bridgehead atoms. The average Bonchev–Trinajstić information content (AvgIpc) is 2.47. The zero-order valence-electron chi connectivity index (χ0n) is 14.1. The second-order valence-corrected chi connectivity index (χ2v) is 7.73. The van der Waals surface area contributed by atoms with Crippen LogP contribution in [0.1, 0.15) is 26.3 Å². The van der Waals surface area contributed by atoms with Gasteiger partial charge in [0.05, 0.1) is 11.4 Å². The van der Waals surface area contributed by atoms with Crippen molar-refractivity contribution in [2.75, 3.05) is 10.6 Å². The van der Waals surface area contributed by atoms with Gasteiger partial charge in [0.1, 0.15) is 11.4 Å². The second-order valence-electron chi connectivity index (χ2n) is 6.41. The molecule has 2 aromatic carbocycles. The van der Waals surface area contributed by atoms with Gasteiger partial charge >= 0.3 is 6.09 Å². The fourth-order valence-corrected chi connectivity index (χ4v) is 2.78. The van der Waals surface area contributed by atoms with Gasteiger partial charge in [-0.05, 0) is 56.7 Å². The number of nitrogens with one attached hydrogen (secondary N) is 2. The summed E-state index contributed by atoms with van der Waals surface area (Å²) in [5, 5.41) is 6.30. The Morgan fingerprint density at radius 2 is 1.92 bits per heavy atom. The highest BCUT2D eigenvalue weighted by Crippen LogP contribution is 2.26. The average molecular weight is 430 g/mol. The Morgan fingerprint density at radius 3 is 2.56 bits per heavy atom. The molecule has 0 saturated carbocycles. The zero-order chi connectivity index (χ0) is 18.6. The molecule has 1 amide bonds. The molecule has 2 N–H and O–H groups in total. The minimum absolute atomic E-state index is 0.374. The SMILES string of the molecule is CC(C)(C)OC(=O)Nc1ccc(F)cc1NCc1ccc(Br)cc1Cl. The summed E-state index contributed by atoms with van der Waals surface area (Å²) in [4.78, 5) is 11.9. The third-order valence-electron chi connectivity index (χ3n) is 3.10. The summed E-state index contributed by atoms with van der Waals surface area (Å²) >= 11 is 9.54. The van der Waals surface area contributed by atoms with E-state index in [4.69, 9.17) is 16.3 Å². The molecule has 2 aromatic rings. The maximum Gasteiger partial charge on any atom is 0.412 e. The molecule has 134 valence electrons. The summed E-state index contributed by atoms with van der Waals surface area (Å²) in [5.41, 5.74) is 1.08. The van der Waals surface area contributed by atoms with Gasteiger partial charge in [-0.1, -0.05) is 33.6 Å². The summed E-state index contributed by atoms with van der Waals surface area (Å²) in [5.74, 6) is -0.417. The fourth-order valence-electron chi connectivity index (χ4n) is 2.04. The van der Waals surface area contributed by atoms with E-state index in [1.54, 1.807) is 26.8 Å². The topological polar surface area (TPSA) is 50.4 Å². The molecule has 7 heteroatoms. The lowest BCUT2D eigenvalue weighted by Crippen LogP contribution is -2.27. The highest BCUT2D eigenvalue weighted by atomic mass is 79.9. The number of carbonyl (C=O) groups excluding carboxylic acids is 1. The molecule has 0 spiro atoms. The summed E-state index contributed by atoms with van der Waals surface area (Å²) in [6, 6.07) is 9.56. The lowest BCUT2D eigenvalue weighted by Gasteiger charge is -2.21. The first-order valence-electron chi connectivity index (χ1n) is 7.61. The number of rotatable bonds is 4. The Balaban J connectivity index is 2.14. The van der Waals surface area contributed by atoms with Crippen molar-refractivity contribution in [2.45, 2.75) is 32.9 Å². The van der Waals surface area contributed by atoms with Crippen molar-refractivity contribution in [3.8, 4) is 0 Å². The van der Waals surface area contributed by atoms with Crippen molar-refractivity contribution in [2.24, 2.45) is 0 Å². The third kappa shape index (κ3) is 6.21. The largest absolute Gasteiger partial charge is 0.444 e. The molecule has 0 aliphatic heterocycles. The molecule has 0 heterocycles. The summed E-state index contributed by atoms with van der Waals surface area (Å²) in [6.07, 6.45) is -0.608. The van der Waals surface area contributed by atoms with Crippen molar-refractivity contribution in [3.63, 3.8) is 0 Å². The number of hydrogen-bond donors (Lipinski definition) is 2. The monoisotopic (exact) mass is 428 g/mol. The van der Waals surface area contributed by atoms with Crippen molar-refractivity contribution in [1.82, 2.24) is 0 Å². The van der Waals surface area contributed by atoms with E-state index in [-0.39, 0.29) is 0 Å². The van der Waals surface area contributed by atoms with Crippen LogP contribution in [0.5, 0.6) is 0 Å². The predicted molar refractivity (Wildman–Crippen MR) is 103 cm³/mol. The number of anilines is 2. The third-order valence-corrected chi connectivity index (χ3v) is 3.95. The van der Waals surface area contributed by atoms with Gasteiger partial charge in [0.15, 0.2) is 0 Å². The Labute approximate surface area is 159 Å². The molecule has 0 aliphatic carbocycles. The molecule has 0 aliphatic rings. The maximum absolute atomic E-state index is 13.6. The van der Waals surface area contributed by atoms with Gasteiger partial charge in [0.25, 0.3) is 0 Å². The molecule has 0 saturated heterocycles. The number of amides is 1. The molecule has 0 unspecified atom stereocenters. The Morgan fingerprint density at radius 1 is 1.20 bits per heavy atom. The van der Waals surface area contributed by atoms with Gasteiger partial charge in [0.2, 0.25) is 0 Å². The number of halogens is 3. The van der Waals surface area contributed by atoms with E-state index in [2.05, 4.69) is 26.6 Å². The molecule has 0 fully saturated rings. The van der Waals surface area contributed by atoms with E-state index in [1.165, 1.54) is 18.2 Å². The second kappa shape index (κ2) is 8.06. The first kappa shape index (κ1) is 19.5. The van der Waals surface area contributed by atoms with Crippen LogP contribution >= 0.6 is 27.5 Å². The first-order chi connectivity index (χ1) is 11.6. The van der Waals surface area contributed by atoms with E-state index in [0.717, 1.165) is 10.0 Å². The van der Waals surface area contributed by atoms with E-state index in [0.29, 0.717) is 22.9 Å². The molecule has 4 nitrogen and oxygen atoms in total. The maximum atomic E-state index is 13.6. The van der Waals surface area contributed by atoms with Crippen molar-refractivity contribution in [3.05, 3.63) is 57.3 Å². The van der Waals surface area contributed by atoms with Crippen LogP contribution in [0.3, 0.4) is 0 Å². The fraction of sp³-hybridized carbons (Fsp3) is 0.278. The molecule has 0 radical (unpaired) electrons. The van der Waals surface area contributed by atoms with Crippen molar-refractivity contribution in [1.29, 1.82) is 0 Å². The van der Waals surface area contributed by atoms with E-state index < -0.39 is 17.5 Å². The van der Waals surface area contributed by atoms with Crippen LogP contribution in [0.4, 0.5) is 20.6 Å². The first-order valence-corrected chi connectivity index (χ1v) is 8.78. The minimum atomic E-state index is -0.622. The molecular weight excluding hydrogens is 411 g/mol. The van der Waals surface area contributed by atoms with E-state index in [1.807, 2.05) is 12.1 Å². The van der Waals surface area contributed by atoms with Crippen LogP contribution in [0.15, 0.2) is 40.9 Å². The zero-order valence-corrected chi connectivity index (χ0v) is 16.5.